The van der Waals surface area contributed by atoms with Crippen LogP contribution < -0.4 is 0 Å². The van der Waals surface area contributed by atoms with E-state index in [1.165, 1.54) is 0 Å². The highest BCUT2D eigenvalue weighted by atomic mass is 16.5. The average molecular weight is 355 g/mol. The lowest BCUT2D eigenvalue weighted by Crippen LogP contribution is -2.32. The molecule has 4 atom stereocenters. The van der Waals surface area contributed by atoms with E-state index in [0.29, 0.717) is 29.7 Å². The largest absolute Gasteiger partial charge is 0.374 e. The zero-order valence-corrected chi connectivity index (χ0v) is 15.8. The zero-order chi connectivity index (χ0) is 18.2. The molecule has 0 unspecified atom stereocenters. The van der Waals surface area contributed by atoms with Crippen LogP contribution in [0.2, 0.25) is 0 Å². The minimum Gasteiger partial charge on any atom is -0.374 e. The molecule has 3 fully saturated rings. The fourth-order valence-electron chi connectivity index (χ4n) is 5.22. The Kier molecular flexibility index (Phi) is 3.35. The molecular formula is C19H25N5O2. The first-order chi connectivity index (χ1) is 12.4. The van der Waals surface area contributed by atoms with Crippen LogP contribution >= 0.6 is 0 Å². The highest BCUT2D eigenvalue weighted by Gasteiger charge is 2.53. The van der Waals surface area contributed by atoms with Gasteiger partial charge >= 0.3 is 0 Å². The monoisotopic (exact) mass is 355 g/mol. The topological polar surface area (TPSA) is 65.2 Å². The second-order valence-electron chi connectivity index (χ2n) is 8.04. The highest BCUT2D eigenvalue weighted by Crippen LogP contribution is 2.47. The summed E-state index contributed by atoms with van der Waals surface area (Å²) in [6.45, 7) is 5.64. The number of likely N-dealkylation sites (tertiary alicyclic amines) is 1. The van der Waals surface area contributed by atoms with Gasteiger partial charge in [0.1, 0.15) is 5.69 Å². The second kappa shape index (κ2) is 5.42. The summed E-state index contributed by atoms with van der Waals surface area (Å²) >= 11 is 0. The van der Waals surface area contributed by atoms with E-state index < -0.39 is 0 Å². The van der Waals surface area contributed by atoms with Crippen molar-refractivity contribution in [3.8, 4) is 11.3 Å². The van der Waals surface area contributed by atoms with E-state index in [1.54, 1.807) is 4.68 Å². The van der Waals surface area contributed by atoms with E-state index in [1.807, 2.05) is 43.6 Å². The average Bonchev–Trinajstić information content (AvgIpc) is 3.36. The molecule has 2 aromatic heterocycles. The van der Waals surface area contributed by atoms with Gasteiger partial charge in [-0.15, -0.1) is 0 Å². The van der Waals surface area contributed by atoms with Gasteiger partial charge < -0.3 is 9.64 Å². The van der Waals surface area contributed by atoms with Crippen molar-refractivity contribution < 1.29 is 9.53 Å². The number of hydrogen-bond acceptors (Lipinski definition) is 4. The molecule has 0 saturated carbocycles. The number of hydrogen-bond donors (Lipinski definition) is 0. The number of aromatic nitrogens is 4. The first kappa shape index (κ1) is 16.1. The summed E-state index contributed by atoms with van der Waals surface area (Å²) in [5, 5.41) is 9.08. The predicted molar refractivity (Wildman–Crippen MR) is 95.7 cm³/mol. The van der Waals surface area contributed by atoms with Crippen molar-refractivity contribution in [2.24, 2.45) is 25.9 Å². The Morgan fingerprint density at radius 1 is 1.08 bits per heavy atom. The molecule has 0 aromatic carbocycles. The fraction of sp³-hybridized carbons (Fsp3) is 0.632. The normalized spacial score (nSPS) is 29.6. The van der Waals surface area contributed by atoms with E-state index in [0.717, 1.165) is 48.6 Å². The Balaban J connectivity index is 1.43. The van der Waals surface area contributed by atoms with E-state index in [2.05, 4.69) is 10.2 Å². The SMILES string of the molecule is Cc1nn(C)c(C)c1-c1cc(C(=O)N2C[C@@H]3[C@H](C2)[C@H]2CC[C@@H]3O2)n(C)n1. The van der Waals surface area contributed by atoms with E-state index >= 15 is 0 Å². The number of carbonyl (C=O) groups is 1. The van der Waals surface area contributed by atoms with Gasteiger partial charge in [-0.2, -0.15) is 10.2 Å². The van der Waals surface area contributed by atoms with Crippen molar-refractivity contribution in [3.63, 3.8) is 0 Å². The van der Waals surface area contributed by atoms with Crippen LogP contribution in [0.25, 0.3) is 11.3 Å². The molecule has 138 valence electrons. The molecule has 3 aliphatic heterocycles. The number of carbonyl (C=O) groups excluding carboxylic acids is 1. The number of amides is 1. The number of fused-ring (bicyclic) bond motifs is 5. The maximum atomic E-state index is 13.2. The smallest absolute Gasteiger partial charge is 0.272 e. The molecule has 3 saturated heterocycles. The van der Waals surface area contributed by atoms with E-state index in [-0.39, 0.29) is 5.91 Å². The lowest BCUT2D eigenvalue weighted by molar-refractivity contribution is 0.0588. The van der Waals surface area contributed by atoms with Gasteiger partial charge in [-0.25, -0.2) is 0 Å². The summed E-state index contributed by atoms with van der Waals surface area (Å²) in [7, 11) is 3.78. The predicted octanol–water partition coefficient (Wildman–Crippen LogP) is 1.69. The molecule has 1 amide bonds. The Morgan fingerprint density at radius 2 is 1.73 bits per heavy atom. The molecule has 0 spiro atoms. The number of rotatable bonds is 2. The van der Waals surface area contributed by atoms with Crippen molar-refractivity contribution in [1.29, 1.82) is 0 Å². The number of nitrogens with zero attached hydrogens (tertiary/aromatic N) is 5. The van der Waals surface area contributed by atoms with Gasteiger partial charge in [0.15, 0.2) is 0 Å². The fourth-order valence-corrected chi connectivity index (χ4v) is 5.22. The Morgan fingerprint density at radius 3 is 2.31 bits per heavy atom. The second-order valence-corrected chi connectivity index (χ2v) is 8.04. The Bertz CT molecular complexity index is 880. The maximum Gasteiger partial charge on any atom is 0.272 e. The van der Waals surface area contributed by atoms with Gasteiger partial charge in [-0.05, 0) is 32.8 Å². The van der Waals surface area contributed by atoms with Gasteiger partial charge in [-0.1, -0.05) is 0 Å². The molecule has 7 heteroatoms. The van der Waals surface area contributed by atoms with Crippen LogP contribution in [-0.4, -0.2) is 55.7 Å². The van der Waals surface area contributed by atoms with E-state index in [4.69, 9.17) is 4.74 Å². The van der Waals surface area contributed by atoms with Crippen LogP contribution in [0.3, 0.4) is 0 Å². The van der Waals surface area contributed by atoms with Crippen LogP contribution in [0.4, 0.5) is 0 Å². The van der Waals surface area contributed by atoms with Crippen LogP contribution in [0.1, 0.15) is 34.7 Å². The summed E-state index contributed by atoms with van der Waals surface area (Å²) in [5.74, 6) is 1.13. The minimum atomic E-state index is 0.0826. The van der Waals surface area contributed by atoms with Crippen LogP contribution in [0.15, 0.2) is 6.07 Å². The number of ether oxygens (including phenoxy) is 1. The molecule has 5 heterocycles. The summed E-state index contributed by atoms with van der Waals surface area (Å²) in [4.78, 5) is 15.2. The minimum absolute atomic E-state index is 0.0826. The lowest BCUT2D eigenvalue weighted by atomic mass is 9.82. The lowest BCUT2D eigenvalue weighted by Gasteiger charge is -2.18. The van der Waals surface area contributed by atoms with Gasteiger partial charge in [0, 0.05) is 50.3 Å². The highest BCUT2D eigenvalue weighted by molar-refractivity contribution is 5.94. The summed E-state index contributed by atoms with van der Waals surface area (Å²) in [5.41, 5.74) is 4.49. The third kappa shape index (κ3) is 2.13. The molecular weight excluding hydrogens is 330 g/mol. The molecule has 0 radical (unpaired) electrons. The third-order valence-corrected chi connectivity index (χ3v) is 6.60. The Hall–Kier alpha value is -2.15. The molecule has 5 rings (SSSR count). The van der Waals surface area contributed by atoms with Crippen molar-refractivity contribution in [2.75, 3.05) is 13.1 Å². The van der Waals surface area contributed by atoms with Gasteiger partial charge in [0.25, 0.3) is 5.91 Å². The molecule has 2 bridgehead atoms. The quantitative estimate of drug-likeness (QED) is 0.822. The van der Waals surface area contributed by atoms with Crippen LogP contribution in [-0.2, 0) is 18.8 Å². The third-order valence-electron chi connectivity index (χ3n) is 6.60. The maximum absolute atomic E-state index is 13.2. The molecule has 26 heavy (non-hydrogen) atoms. The van der Waals surface area contributed by atoms with Gasteiger partial charge in [0.05, 0.1) is 23.6 Å². The first-order valence-electron chi connectivity index (χ1n) is 9.43. The van der Waals surface area contributed by atoms with Crippen LogP contribution in [0.5, 0.6) is 0 Å². The Labute approximate surface area is 152 Å². The summed E-state index contributed by atoms with van der Waals surface area (Å²) < 4.78 is 9.59. The van der Waals surface area contributed by atoms with Crippen molar-refractivity contribution in [1.82, 2.24) is 24.5 Å². The van der Waals surface area contributed by atoms with Crippen LogP contribution in [0, 0.1) is 25.7 Å². The molecule has 2 aromatic rings. The zero-order valence-electron chi connectivity index (χ0n) is 15.8. The standard InChI is InChI=1S/C19H25N5O2/c1-10-18(11(2)22(3)20-10)14-7-15(23(4)21-14)19(25)24-8-12-13(9-24)17-6-5-16(12)26-17/h7,12-13,16-17H,5-6,8-9H2,1-4H3/t12-,13+,16+,17-. The number of aryl methyl sites for hydroxylation is 3. The van der Waals surface area contributed by atoms with Crippen molar-refractivity contribution in [2.45, 2.75) is 38.9 Å². The van der Waals surface area contributed by atoms with E-state index in [9.17, 15) is 4.79 Å². The van der Waals surface area contributed by atoms with Gasteiger partial charge in [0.2, 0.25) is 0 Å². The molecule has 3 aliphatic rings. The van der Waals surface area contributed by atoms with Gasteiger partial charge in [-0.3, -0.25) is 14.2 Å². The molecule has 0 aliphatic carbocycles. The van der Waals surface area contributed by atoms with Crippen molar-refractivity contribution >= 4 is 5.91 Å². The summed E-state index contributed by atoms with van der Waals surface area (Å²) in [6, 6.07) is 1.92. The molecule has 7 nitrogen and oxygen atoms in total. The first-order valence-corrected chi connectivity index (χ1v) is 9.43. The summed E-state index contributed by atoms with van der Waals surface area (Å²) in [6.07, 6.45) is 3.04. The van der Waals surface area contributed by atoms with Crippen molar-refractivity contribution in [3.05, 3.63) is 23.1 Å². The molecule has 0 N–H and O–H groups in total.